The number of carbonyl (C=O) groups excluding carboxylic acids is 1. The second-order valence-corrected chi connectivity index (χ2v) is 10.4. The van der Waals surface area contributed by atoms with E-state index < -0.39 is 19.4 Å². The third-order valence-corrected chi connectivity index (χ3v) is 6.22. The van der Waals surface area contributed by atoms with Gasteiger partial charge in [-0.2, -0.15) is 23.1 Å². The first-order valence-corrected chi connectivity index (χ1v) is 12.8. The Balaban J connectivity index is 1.55. The van der Waals surface area contributed by atoms with Crippen LogP contribution in [0.5, 0.6) is 5.75 Å². The molecule has 0 radical (unpaired) electrons. The minimum atomic E-state index is -4.43. The summed E-state index contributed by atoms with van der Waals surface area (Å²) in [5.41, 5.74) is 9.44. The van der Waals surface area contributed by atoms with Crippen LogP contribution in [0.15, 0.2) is 66.7 Å². The number of ether oxygens (including phenoxy) is 1. The van der Waals surface area contributed by atoms with Gasteiger partial charge in [0.15, 0.2) is 12.4 Å². The lowest BCUT2D eigenvalue weighted by Gasteiger charge is -2.19. The van der Waals surface area contributed by atoms with Crippen molar-refractivity contribution in [1.82, 2.24) is 15.0 Å². The highest BCUT2D eigenvalue weighted by Gasteiger charge is 2.28. The van der Waals surface area contributed by atoms with Crippen LogP contribution in [-0.2, 0) is 18.4 Å². The van der Waals surface area contributed by atoms with Crippen molar-refractivity contribution < 1.29 is 27.8 Å². The Morgan fingerprint density at radius 1 is 0.951 bits per heavy atom. The van der Waals surface area contributed by atoms with E-state index in [1.165, 1.54) is 12.1 Å². The van der Waals surface area contributed by atoms with Gasteiger partial charge in [-0.15, -0.1) is 0 Å². The van der Waals surface area contributed by atoms with Crippen molar-refractivity contribution >= 4 is 17.5 Å². The molecule has 0 saturated heterocycles. The number of alkyl halides is 3. The number of nitrogens with zero attached hydrogens (tertiary/aromatic N) is 3. The maximum atomic E-state index is 13.0. The van der Waals surface area contributed by atoms with Crippen LogP contribution in [0.3, 0.4) is 0 Å². The average Bonchev–Trinajstić information content (AvgIpc) is 2.91. The number of hydrogen-bond acceptors (Lipinski definition) is 7. The topological polar surface area (TPSA) is 123 Å². The monoisotopic (exact) mass is 565 g/mol. The number of anilines is 2. The number of aliphatic hydroxyl groups is 1. The molecule has 0 atom stereocenters. The zero-order chi connectivity index (χ0) is 29.8. The molecular formula is C30H30F3N5O3. The second kappa shape index (κ2) is 11.9. The minimum absolute atomic E-state index is 0.0485. The highest BCUT2D eigenvalue weighted by Crippen LogP contribution is 2.29. The molecular weight excluding hydrogens is 535 g/mol. The van der Waals surface area contributed by atoms with E-state index in [0.29, 0.717) is 33.8 Å². The van der Waals surface area contributed by atoms with Crippen LogP contribution in [0.25, 0.3) is 11.4 Å². The molecule has 4 rings (SSSR count). The number of nitrogens with one attached hydrogen (secondary N) is 1. The molecule has 1 amide bonds. The van der Waals surface area contributed by atoms with E-state index in [1.807, 2.05) is 12.1 Å². The number of aromatic nitrogens is 3. The van der Waals surface area contributed by atoms with E-state index in [-0.39, 0.29) is 35.3 Å². The van der Waals surface area contributed by atoms with Gasteiger partial charge in [0.05, 0.1) is 6.61 Å². The number of benzene rings is 3. The van der Waals surface area contributed by atoms with Gasteiger partial charge >= 0.3 is 6.18 Å². The Bertz CT molecular complexity index is 1520. The molecule has 3 aromatic carbocycles. The standard InChI is InChI=1S/C30H30F3N5O3/c1-29(2,3)20-11-9-19(10-12-20)27(40)35-24-6-4-5-22(23(24)16-39)26-36-25(37-28(34)38-26)15-18-7-13-21(14-8-18)41-17-30(31,32)33/h4-14,39H,15-17H2,1-3H3,(H,35,40)(H2,34,36,37,38). The van der Waals surface area contributed by atoms with Crippen molar-refractivity contribution in [3.8, 4) is 17.1 Å². The Morgan fingerprint density at radius 3 is 2.24 bits per heavy atom. The lowest BCUT2D eigenvalue weighted by molar-refractivity contribution is -0.153. The Hall–Kier alpha value is -4.51. The van der Waals surface area contributed by atoms with E-state index >= 15 is 0 Å². The van der Waals surface area contributed by atoms with Crippen LogP contribution >= 0.6 is 0 Å². The fourth-order valence-electron chi connectivity index (χ4n) is 4.09. The van der Waals surface area contributed by atoms with Crippen LogP contribution in [0, 0.1) is 0 Å². The van der Waals surface area contributed by atoms with E-state index in [4.69, 9.17) is 10.5 Å². The predicted octanol–water partition coefficient (Wildman–Crippen LogP) is 5.69. The van der Waals surface area contributed by atoms with Gasteiger partial charge in [0.2, 0.25) is 5.95 Å². The number of nitrogens with two attached hydrogens (primary N) is 1. The number of amides is 1. The Morgan fingerprint density at radius 2 is 1.63 bits per heavy atom. The van der Waals surface area contributed by atoms with E-state index in [2.05, 4.69) is 41.0 Å². The first kappa shape index (κ1) is 29.5. The van der Waals surface area contributed by atoms with Crippen molar-refractivity contribution in [2.24, 2.45) is 0 Å². The molecule has 1 heterocycles. The summed E-state index contributed by atoms with van der Waals surface area (Å²) in [6.45, 7) is 4.49. The highest BCUT2D eigenvalue weighted by atomic mass is 19.4. The first-order valence-electron chi connectivity index (χ1n) is 12.8. The summed E-state index contributed by atoms with van der Waals surface area (Å²) >= 11 is 0. The van der Waals surface area contributed by atoms with Gasteiger partial charge in [0.25, 0.3) is 5.91 Å². The fraction of sp³-hybridized carbons (Fsp3) is 0.267. The lowest BCUT2D eigenvalue weighted by Crippen LogP contribution is -2.19. The Kier molecular flexibility index (Phi) is 8.57. The summed E-state index contributed by atoms with van der Waals surface area (Å²) in [5, 5.41) is 13.1. The molecule has 0 spiro atoms. The van der Waals surface area contributed by atoms with Gasteiger partial charge in [-0.05, 0) is 46.9 Å². The summed E-state index contributed by atoms with van der Waals surface area (Å²) in [7, 11) is 0. The Labute approximate surface area is 235 Å². The van der Waals surface area contributed by atoms with Crippen molar-refractivity contribution in [1.29, 1.82) is 0 Å². The number of nitrogen functional groups attached to an aromatic ring is 1. The van der Waals surface area contributed by atoms with Crippen LogP contribution in [-0.4, -0.2) is 38.7 Å². The lowest BCUT2D eigenvalue weighted by atomic mass is 9.86. The summed E-state index contributed by atoms with van der Waals surface area (Å²) in [4.78, 5) is 25.9. The van der Waals surface area contributed by atoms with Gasteiger partial charge < -0.3 is 20.9 Å². The second-order valence-electron chi connectivity index (χ2n) is 10.4. The van der Waals surface area contributed by atoms with Crippen LogP contribution in [0.4, 0.5) is 24.8 Å². The van der Waals surface area contributed by atoms with Crippen LogP contribution < -0.4 is 15.8 Å². The summed E-state index contributed by atoms with van der Waals surface area (Å²) < 4.78 is 41.9. The normalized spacial score (nSPS) is 11.8. The molecule has 0 bridgehead atoms. The zero-order valence-corrected chi connectivity index (χ0v) is 22.8. The summed E-state index contributed by atoms with van der Waals surface area (Å²) in [6, 6.07) is 18.5. The third-order valence-electron chi connectivity index (χ3n) is 6.22. The number of halogens is 3. The van der Waals surface area contributed by atoms with Crippen molar-refractivity contribution in [3.63, 3.8) is 0 Å². The molecule has 214 valence electrons. The fourth-order valence-corrected chi connectivity index (χ4v) is 4.09. The van der Waals surface area contributed by atoms with Crippen molar-refractivity contribution in [3.05, 3.63) is 94.8 Å². The quantitative estimate of drug-likeness (QED) is 0.251. The average molecular weight is 566 g/mol. The number of aliphatic hydroxyl groups excluding tert-OH is 1. The molecule has 11 heteroatoms. The predicted molar refractivity (Wildman–Crippen MR) is 149 cm³/mol. The number of hydrogen-bond donors (Lipinski definition) is 3. The molecule has 0 saturated carbocycles. The molecule has 8 nitrogen and oxygen atoms in total. The summed E-state index contributed by atoms with van der Waals surface area (Å²) in [5.74, 6) is 0.211. The van der Waals surface area contributed by atoms with Crippen LogP contribution in [0.1, 0.15) is 53.6 Å². The SMILES string of the molecule is CC(C)(C)c1ccc(C(=O)Nc2cccc(-c3nc(N)nc(Cc4ccc(OCC(F)(F)F)cc4)n3)c2CO)cc1. The number of rotatable bonds is 8. The largest absolute Gasteiger partial charge is 0.484 e. The molecule has 0 aliphatic heterocycles. The third kappa shape index (κ3) is 7.79. The van der Waals surface area contributed by atoms with Gasteiger partial charge in [-0.1, -0.05) is 57.2 Å². The highest BCUT2D eigenvalue weighted by molar-refractivity contribution is 6.05. The van der Waals surface area contributed by atoms with Crippen molar-refractivity contribution in [2.45, 2.75) is 45.4 Å². The van der Waals surface area contributed by atoms with Gasteiger partial charge in [0, 0.05) is 28.8 Å². The molecule has 4 aromatic rings. The van der Waals surface area contributed by atoms with E-state index in [0.717, 1.165) is 5.56 Å². The zero-order valence-electron chi connectivity index (χ0n) is 22.8. The summed E-state index contributed by atoms with van der Waals surface area (Å²) in [6.07, 6.45) is -4.21. The molecule has 0 aliphatic rings. The van der Waals surface area contributed by atoms with Gasteiger partial charge in [-0.3, -0.25) is 4.79 Å². The van der Waals surface area contributed by atoms with E-state index in [9.17, 15) is 23.1 Å². The molecule has 4 N–H and O–H groups in total. The first-order chi connectivity index (χ1) is 19.3. The molecule has 0 unspecified atom stereocenters. The number of carbonyl (C=O) groups is 1. The maximum absolute atomic E-state index is 13.0. The molecule has 0 fully saturated rings. The molecule has 0 aliphatic carbocycles. The smallest absolute Gasteiger partial charge is 0.422 e. The van der Waals surface area contributed by atoms with Crippen molar-refractivity contribution in [2.75, 3.05) is 17.7 Å². The minimum Gasteiger partial charge on any atom is -0.484 e. The molecule has 1 aromatic heterocycles. The molecule has 41 heavy (non-hydrogen) atoms. The van der Waals surface area contributed by atoms with E-state index in [1.54, 1.807) is 42.5 Å². The van der Waals surface area contributed by atoms with Gasteiger partial charge in [0.1, 0.15) is 11.6 Å². The van der Waals surface area contributed by atoms with Gasteiger partial charge in [-0.25, -0.2) is 4.98 Å². The maximum Gasteiger partial charge on any atom is 0.422 e. The van der Waals surface area contributed by atoms with Crippen LogP contribution in [0.2, 0.25) is 0 Å².